The van der Waals surface area contributed by atoms with Gasteiger partial charge in [0.25, 0.3) is 10.2 Å². The van der Waals surface area contributed by atoms with Crippen LogP contribution < -0.4 is 18.9 Å². The number of hydrogen-bond acceptors (Lipinski definition) is 4. The Bertz CT molecular complexity index is 750. The van der Waals surface area contributed by atoms with Crippen LogP contribution in [0.15, 0.2) is 54.6 Å². The minimum atomic E-state index is -3.59. The van der Waals surface area contributed by atoms with Gasteiger partial charge in [-0.25, -0.2) is 0 Å². The van der Waals surface area contributed by atoms with E-state index in [0.29, 0.717) is 18.1 Å². The first-order valence-corrected chi connectivity index (χ1v) is 8.77. The van der Waals surface area contributed by atoms with Crippen LogP contribution in [-0.2, 0) is 16.8 Å². The van der Waals surface area contributed by atoms with Crippen molar-refractivity contribution < 1.29 is 17.9 Å². The van der Waals surface area contributed by atoms with Crippen molar-refractivity contribution in [3.8, 4) is 11.5 Å². The van der Waals surface area contributed by atoms with Crippen LogP contribution in [-0.4, -0.2) is 27.7 Å². The van der Waals surface area contributed by atoms with Crippen molar-refractivity contribution in [2.45, 2.75) is 12.6 Å². The molecule has 2 aromatic rings. The predicted octanol–water partition coefficient (Wildman–Crippen LogP) is 1.45. The molecular formula is C16H18N2O4S. The number of fused-ring (bicyclic) bond motifs is 1. The van der Waals surface area contributed by atoms with Crippen LogP contribution in [0.3, 0.4) is 0 Å². The van der Waals surface area contributed by atoms with E-state index in [1.807, 2.05) is 48.5 Å². The van der Waals surface area contributed by atoms with Gasteiger partial charge in [0.15, 0.2) is 11.5 Å². The van der Waals surface area contributed by atoms with Crippen molar-refractivity contribution in [1.82, 2.24) is 9.44 Å². The lowest BCUT2D eigenvalue weighted by atomic mass is 10.2. The average molecular weight is 334 g/mol. The standard InChI is InChI=1S/C16H18N2O4S/c19-23(20,17-10-13-6-2-1-3-7-13)18-11-14-12-21-15-8-4-5-9-16(15)22-14/h1-9,14,17-18H,10-12H2. The Labute approximate surface area is 135 Å². The monoisotopic (exact) mass is 334 g/mol. The van der Waals surface area contributed by atoms with E-state index >= 15 is 0 Å². The molecule has 3 rings (SSSR count). The first-order chi connectivity index (χ1) is 11.1. The van der Waals surface area contributed by atoms with Crippen molar-refractivity contribution in [1.29, 1.82) is 0 Å². The van der Waals surface area contributed by atoms with E-state index in [4.69, 9.17) is 9.47 Å². The van der Waals surface area contributed by atoms with Gasteiger partial charge in [-0.3, -0.25) is 0 Å². The molecule has 2 aromatic carbocycles. The number of rotatable bonds is 6. The molecule has 1 aliphatic rings. The van der Waals surface area contributed by atoms with Crippen LogP contribution in [0.25, 0.3) is 0 Å². The van der Waals surface area contributed by atoms with Crippen LogP contribution in [0.5, 0.6) is 11.5 Å². The van der Waals surface area contributed by atoms with Gasteiger partial charge in [0.1, 0.15) is 12.7 Å². The summed E-state index contributed by atoms with van der Waals surface area (Å²) in [6.07, 6.45) is -0.363. The number of benzene rings is 2. The van der Waals surface area contributed by atoms with Gasteiger partial charge in [0, 0.05) is 6.54 Å². The Morgan fingerprint density at radius 3 is 2.43 bits per heavy atom. The first-order valence-electron chi connectivity index (χ1n) is 7.29. The zero-order chi connectivity index (χ0) is 16.1. The molecule has 23 heavy (non-hydrogen) atoms. The van der Waals surface area contributed by atoms with Crippen molar-refractivity contribution in [2.75, 3.05) is 13.2 Å². The Hall–Kier alpha value is -2.09. The van der Waals surface area contributed by atoms with Crippen molar-refractivity contribution >= 4 is 10.2 Å². The second-order valence-electron chi connectivity index (χ2n) is 5.16. The molecule has 1 heterocycles. The number of nitrogens with one attached hydrogen (secondary N) is 2. The van der Waals surface area contributed by atoms with Crippen LogP contribution in [0, 0.1) is 0 Å². The maximum absolute atomic E-state index is 12.0. The maximum atomic E-state index is 12.0. The summed E-state index contributed by atoms with van der Waals surface area (Å²) >= 11 is 0. The van der Waals surface area contributed by atoms with E-state index in [0.717, 1.165) is 5.56 Å². The van der Waals surface area contributed by atoms with E-state index in [-0.39, 0.29) is 19.2 Å². The summed E-state index contributed by atoms with van der Waals surface area (Å²) in [6.45, 7) is 0.678. The van der Waals surface area contributed by atoms with Crippen LogP contribution >= 0.6 is 0 Å². The highest BCUT2D eigenvalue weighted by atomic mass is 32.2. The second-order valence-corrected chi connectivity index (χ2v) is 6.74. The molecule has 2 N–H and O–H groups in total. The number of ether oxygens (including phenoxy) is 2. The Morgan fingerprint density at radius 1 is 0.957 bits per heavy atom. The topological polar surface area (TPSA) is 76.7 Å². The maximum Gasteiger partial charge on any atom is 0.277 e. The molecule has 0 radical (unpaired) electrons. The summed E-state index contributed by atoms with van der Waals surface area (Å²) < 4.78 is 40.2. The molecule has 7 heteroatoms. The molecule has 1 aliphatic heterocycles. The van der Waals surface area contributed by atoms with Gasteiger partial charge in [0.2, 0.25) is 0 Å². The summed E-state index contributed by atoms with van der Waals surface area (Å²) in [7, 11) is -3.59. The molecule has 0 amide bonds. The van der Waals surface area contributed by atoms with Gasteiger partial charge in [0.05, 0.1) is 6.54 Å². The third-order valence-electron chi connectivity index (χ3n) is 3.38. The van der Waals surface area contributed by atoms with E-state index in [1.54, 1.807) is 6.07 Å². The fraction of sp³-hybridized carbons (Fsp3) is 0.250. The van der Waals surface area contributed by atoms with Crippen molar-refractivity contribution in [3.05, 3.63) is 60.2 Å². The molecule has 0 aromatic heterocycles. The summed E-state index contributed by atoms with van der Waals surface area (Å²) in [5.41, 5.74) is 0.893. The SMILES string of the molecule is O=S(=O)(NCc1ccccc1)NCC1COc2ccccc2O1. The molecule has 1 unspecified atom stereocenters. The highest BCUT2D eigenvalue weighted by Gasteiger charge is 2.22. The Balaban J connectivity index is 1.50. The predicted molar refractivity (Wildman–Crippen MR) is 86.6 cm³/mol. The Kier molecular flexibility index (Phi) is 4.80. The van der Waals surface area contributed by atoms with Gasteiger partial charge in [-0.1, -0.05) is 42.5 Å². The zero-order valence-corrected chi connectivity index (χ0v) is 13.3. The van der Waals surface area contributed by atoms with Gasteiger partial charge in [-0.05, 0) is 17.7 Å². The third kappa shape index (κ3) is 4.44. The molecule has 0 aliphatic carbocycles. The average Bonchev–Trinajstić information content (AvgIpc) is 2.59. The Morgan fingerprint density at radius 2 is 1.65 bits per heavy atom. The van der Waals surface area contributed by atoms with E-state index < -0.39 is 10.2 Å². The van der Waals surface area contributed by atoms with E-state index in [1.165, 1.54) is 0 Å². The molecular weight excluding hydrogens is 316 g/mol. The fourth-order valence-electron chi connectivity index (χ4n) is 2.19. The summed E-state index contributed by atoms with van der Waals surface area (Å²) in [5.74, 6) is 1.30. The van der Waals surface area contributed by atoms with E-state index in [2.05, 4.69) is 9.44 Å². The molecule has 0 spiro atoms. The molecule has 1 atom stereocenters. The largest absolute Gasteiger partial charge is 0.486 e. The minimum Gasteiger partial charge on any atom is -0.486 e. The van der Waals surface area contributed by atoms with Gasteiger partial charge in [-0.15, -0.1) is 0 Å². The fourth-order valence-corrected chi connectivity index (χ4v) is 3.06. The first kappa shape index (κ1) is 15.8. The highest BCUT2D eigenvalue weighted by molar-refractivity contribution is 7.87. The van der Waals surface area contributed by atoms with E-state index in [9.17, 15) is 8.42 Å². The quantitative estimate of drug-likeness (QED) is 0.838. The molecule has 122 valence electrons. The minimum absolute atomic E-state index is 0.137. The van der Waals surface area contributed by atoms with Crippen molar-refractivity contribution in [2.24, 2.45) is 0 Å². The highest BCUT2D eigenvalue weighted by Crippen LogP contribution is 2.30. The smallest absolute Gasteiger partial charge is 0.277 e. The lowest BCUT2D eigenvalue weighted by Crippen LogP contribution is -2.44. The normalized spacial score (nSPS) is 17.0. The number of para-hydroxylation sites is 2. The second kappa shape index (κ2) is 6.99. The summed E-state index contributed by atoms with van der Waals surface area (Å²) in [5, 5.41) is 0. The van der Waals surface area contributed by atoms with Crippen molar-refractivity contribution in [3.63, 3.8) is 0 Å². The summed E-state index contributed by atoms with van der Waals surface area (Å²) in [6, 6.07) is 16.6. The molecule has 6 nitrogen and oxygen atoms in total. The van der Waals surface area contributed by atoms with Gasteiger partial charge in [-0.2, -0.15) is 17.9 Å². The summed E-state index contributed by atoms with van der Waals surface area (Å²) in [4.78, 5) is 0. The number of hydrogen-bond donors (Lipinski definition) is 2. The van der Waals surface area contributed by atoms with Gasteiger partial charge >= 0.3 is 0 Å². The third-order valence-corrected chi connectivity index (χ3v) is 4.45. The molecule has 0 saturated heterocycles. The lowest BCUT2D eigenvalue weighted by molar-refractivity contribution is 0.0942. The molecule has 0 bridgehead atoms. The van der Waals surface area contributed by atoms with Crippen LogP contribution in [0.2, 0.25) is 0 Å². The zero-order valence-electron chi connectivity index (χ0n) is 12.4. The lowest BCUT2D eigenvalue weighted by Gasteiger charge is -2.26. The van der Waals surface area contributed by atoms with Gasteiger partial charge < -0.3 is 9.47 Å². The van der Waals surface area contributed by atoms with Crippen LogP contribution in [0.1, 0.15) is 5.56 Å². The molecule has 0 saturated carbocycles. The van der Waals surface area contributed by atoms with Crippen LogP contribution in [0.4, 0.5) is 0 Å². The molecule has 0 fully saturated rings.